The number of rotatable bonds is 4. The summed E-state index contributed by atoms with van der Waals surface area (Å²) >= 11 is 1.62. The minimum Gasteiger partial charge on any atom is -0.389 e. The van der Waals surface area contributed by atoms with Crippen molar-refractivity contribution >= 4 is 11.8 Å². The van der Waals surface area contributed by atoms with Crippen molar-refractivity contribution in [1.82, 2.24) is 4.98 Å². The Hall–Kier alpha value is -0.540. The summed E-state index contributed by atoms with van der Waals surface area (Å²) in [6.07, 6.45) is 0.769. The average molecular weight is 225 g/mol. The van der Waals surface area contributed by atoms with Gasteiger partial charge in [-0.05, 0) is 44.9 Å². The van der Waals surface area contributed by atoms with Crippen LogP contribution in [0.3, 0.4) is 0 Å². The largest absolute Gasteiger partial charge is 0.389 e. The lowest BCUT2D eigenvalue weighted by atomic mass is 10.1. The van der Waals surface area contributed by atoms with Gasteiger partial charge in [0.1, 0.15) is 0 Å². The Morgan fingerprint density at radius 3 is 2.60 bits per heavy atom. The van der Waals surface area contributed by atoms with Gasteiger partial charge in [0.05, 0.1) is 10.6 Å². The predicted molar refractivity (Wildman–Crippen MR) is 65.3 cm³/mol. The molecule has 1 aromatic heterocycles. The molecular formula is C12H19NOS. The van der Waals surface area contributed by atoms with Crippen molar-refractivity contribution in [3.8, 4) is 0 Å². The minimum atomic E-state index is -0.593. The summed E-state index contributed by atoms with van der Waals surface area (Å²) in [5, 5.41) is 10.9. The molecule has 0 aliphatic heterocycles. The van der Waals surface area contributed by atoms with E-state index in [1.54, 1.807) is 11.8 Å². The van der Waals surface area contributed by atoms with Crippen LogP contribution >= 0.6 is 11.8 Å². The second kappa shape index (κ2) is 4.99. The Balaban J connectivity index is 2.65. The molecule has 0 aliphatic rings. The van der Waals surface area contributed by atoms with Gasteiger partial charge in [0.25, 0.3) is 0 Å². The number of hydrogen-bond acceptors (Lipinski definition) is 3. The molecule has 0 saturated heterocycles. The molecule has 0 saturated carbocycles. The standard InChI is InChI=1S/C12H19NOS/c1-5-12(4,14)8-15-11-7-9(2)6-10(3)13-11/h6-7,14H,5,8H2,1-4H3. The smallest absolute Gasteiger partial charge is 0.0966 e. The summed E-state index contributed by atoms with van der Waals surface area (Å²) in [5.74, 6) is 0.694. The summed E-state index contributed by atoms with van der Waals surface area (Å²) < 4.78 is 0. The zero-order chi connectivity index (χ0) is 11.5. The summed E-state index contributed by atoms with van der Waals surface area (Å²) in [6.45, 7) is 7.92. The summed E-state index contributed by atoms with van der Waals surface area (Å²) in [6, 6.07) is 4.12. The van der Waals surface area contributed by atoms with Gasteiger partial charge in [-0.1, -0.05) is 6.92 Å². The molecule has 0 fully saturated rings. The zero-order valence-electron chi connectivity index (χ0n) is 9.87. The maximum absolute atomic E-state index is 9.87. The normalized spacial score (nSPS) is 15.0. The van der Waals surface area contributed by atoms with Crippen LogP contribution < -0.4 is 0 Å². The first kappa shape index (κ1) is 12.5. The summed E-state index contributed by atoms with van der Waals surface area (Å²) in [4.78, 5) is 4.42. The van der Waals surface area contributed by atoms with E-state index >= 15 is 0 Å². The van der Waals surface area contributed by atoms with Crippen molar-refractivity contribution in [2.24, 2.45) is 0 Å². The quantitative estimate of drug-likeness (QED) is 0.800. The van der Waals surface area contributed by atoms with Crippen LogP contribution in [-0.4, -0.2) is 21.4 Å². The van der Waals surface area contributed by atoms with Gasteiger partial charge in [0.2, 0.25) is 0 Å². The number of thioether (sulfide) groups is 1. The van der Waals surface area contributed by atoms with E-state index in [0.717, 1.165) is 17.1 Å². The average Bonchev–Trinajstić information content (AvgIpc) is 2.14. The first-order chi connectivity index (χ1) is 6.93. The van der Waals surface area contributed by atoms with E-state index in [1.807, 2.05) is 20.8 Å². The topological polar surface area (TPSA) is 33.1 Å². The van der Waals surface area contributed by atoms with Crippen molar-refractivity contribution in [3.05, 3.63) is 23.4 Å². The maximum Gasteiger partial charge on any atom is 0.0966 e. The van der Waals surface area contributed by atoms with Crippen molar-refractivity contribution in [3.63, 3.8) is 0 Å². The number of hydrogen-bond donors (Lipinski definition) is 1. The Bertz CT molecular complexity index is 316. The molecule has 0 aromatic carbocycles. The van der Waals surface area contributed by atoms with Crippen LogP contribution in [0.25, 0.3) is 0 Å². The maximum atomic E-state index is 9.87. The van der Waals surface area contributed by atoms with E-state index < -0.39 is 5.60 Å². The first-order valence-electron chi connectivity index (χ1n) is 5.23. The van der Waals surface area contributed by atoms with Crippen LogP contribution in [0.2, 0.25) is 0 Å². The highest BCUT2D eigenvalue weighted by Crippen LogP contribution is 2.23. The van der Waals surface area contributed by atoms with Gasteiger partial charge in [-0.3, -0.25) is 0 Å². The SMILES string of the molecule is CCC(C)(O)CSc1cc(C)cc(C)n1. The van der Waals surface area contributed by atoms with Crippen LogP contribution in [0.4, 0.5) is 0 Å². The molecule has 1 aromatic rings. The fourth-order valence-corrected chi connectivity index (χ4v) is 2.35. The van der Waals surface area contributed by atoms with E-state index in [9.17, 15) is 5.11 Å². The molecule has 0 aliphatic carbocycles. The van der Waals surface area contributed by atoms with Crippen LogP contribution in [0, 0.1) is 13.8 Å². The molecule has 84 valence electrons. The first-order valence-corrected chi connectivity index (χ1v) is 6.22. The Kier molecular flexibility index (Phi) is 4.17. The number of aryl methyl sites for hydroxylation is 2. The predicted octanol–water partition coefficient (Wildman–Crippen LogP) is 2.95. The Morgan fingerprint density at radius 2 is 2.07 bits per heavy atom. The summed E-state index contributed by atoms with van der Waals surface area (Å²) in [5.41, 5.74) is 1.67. The number of pyridine rings is 1. The van der Waals surface area contributed by atoms with E-state index in [0.29, 0.717) is 5.75 Å². The van der Waals surface area contributed by atoms with Crippen LogP contribution in [-0.2, 0) is 0 Å². The van der Waals surface area contributed by atoms with Gasteiger partial charge >= 0.3 is 0 Å². The molecular weight excluding hydrogens is 206 g/mol. The van der Waals surface area contributed by atoms with Gasteiger partial charge in [0.15, 0.2) is 0 Å². The fourth-order valence-electron chi connectivity index (χ4n) is 1.21. The Labute approximate surface area is 96.1 Å². The molecule has 1 heterocycles. The van der Waals surface area contributed by atoms with Gasteiger partial charge in [-0.2, -0.15) is 0 Å². The van der Waals surface area contributed by atoms with Crippen LogP contribution in [0.1, 0.15) is 31.5 Å². The molecule has 1 rings (SSSR count). The second-order valence-corrected chi connectivity index (χ2v) is 5.26. The lowest BCUT2D eigenvalue weighted by Gasteiger charge is -2.20. The third-order valence-electron chi connectivity index (χ3n) is 2.37. The molecule has 1 N–H and O–H groups in total. The van der Waals surface area contributed by atoms with Gasteiger partial charge in [-0.15, -0.1) is 11.8 Å². The van der Waals surface area contributed by atoms with E-state index in [2.05, 4.69) is 24.0 Å². The number of nitrogens with zero attached hydrogens (tertiary/aromatic N) is 1. The van der Waals surface area contributed by atoms with Crippen molar-refractivity contribution in [2.45, 2.75) is 44.7 Å². The van der Waals surface area contributed by atoms with E-state index in [4.69, 9.17) is 0 Å². The van der Waals surface area contributed by atoms with E-state index in [1.165, 1.54) is 5.56 Å². The second-order valence-electron chi connectivity index (χ2n) is 4.26. The molecule has 1 unspecified atom stereocenters. The number of aliphatic hydroxyl groups is 1. The molecule has 0 bridgehead atoms. The number of aromatic nitrogens is 1. The molecule has 1 atom stereocenters. The van der Waals surface area contributed by atoms with Gasteiger partial charge < -0.3 is 5.11 Å². The highest BCUT2D eigenvalue weighted by Gasteiger charge is 2.17. The third kappa shape index (κ3) is 4.22. The molecule has 2 nitrogen and oxygen atoms in total. The highest BCUT2D eigenvalue weighted by atomic mass is 32.2. The Morgan fingerprint density at radius 1 is 1.40 bits per heavy atom. The van der Waals surface area contributed by atoms with E-state index in [-0.39, 0.29) is 0 Å². The van der Waals surface area contributed by atoms with Crippen molar-refractivity contribution < 1.29 is 5.11 Å². The lowest BCUT2D eigenvalue weighted by Crippen LogP contribution is -2.25. The zero-order valence-corrected chi connectivity index (χ0v) is 10.7. The van der Waals surface area contributed by atoms with Crippen LogP contribution in [0.5, 0.6) is 0 Å². The molecule has 15 heavy (non-hydrogen) atoms. The van der Waals surface area contributed by atoms with Gasteiger partial charge in [-0.25, -0.2) is 4.98 Å². The monoisotopic (exact) mass is 225 g/mol. The van der Waals surface area contributed by atoms with Crippen LogP contribution in [0.15, 0.2) is 17.2 Å². The third-order valence-corrected chi connectivity index (χ3v) is 3.64. The van der Waals surface area contributed by atoms with Gasteiger partial charge in [0, 0.05) is 11.4 Å². The molecule has 0 amide bonds. The lowest BCUT2D eigenvalue weighted by molar-refractivity contribution is 0.0815. The fraction of sp³-hybridized carbons (Fsp3) is 0.583. The summed E-state index contributed by atoms with van der Waals surface area (Å²) in [7, 11) is 0. The molecule has 0 radical (unpaired) electrons. The molecule has 0 spiro atoms. The minimum absolute atomic E-state index is 0.593. The molecule has 3 heteroatoms. The van der Waals surface area contributed by atoms with Crippen molar-refractivity contribution in [1.29, 1.82) is 0 Å². The van der Waals surface area contributed by atoms with Crippen molar-refractivity contribution in [2.75, 3.05) is 5.75 Å². The highest BCUT2D eigenvalue weighted by molar-refractivity contribution is 7.99.